The van der Waals surface area contributed by atoms with Crippen molar-refractivity contribution in [2.24, 2.45) is 0 Å². The molecule has 0 fully saturated rings. The third kappa shape index (κ3) is 3.11. The Morgan fingerprint density at radius 2 is 1.79 bits per heavy atom. The summed E-state index contributed by atoms with van der Waals surface area (Å²) in [5.74, 6) is -2.69. The summed E-state index contributed by atoms with van der Waals surface area (Å²) in [6, 6.07) is 8.20. The van der Waals surface area contributed by atoms with Crippen molar-refractivity contribution in [3.63, 3.8) is 0 Å². The molecule has 0 heterocycles. The van der Waals surface area contributed by atoms with E-state index < -0.39 is 17.4 Å². The molecule has 0 radical (unpaired) electrons. The Morgan fingerprint density at radius 1 is 1.05 bits per heavy atom. The van der Waals surface area contributed by atoms with Crippen molar-refractivity contribution < 1.29 is 13.6 Å². The van der Waals surface area contributed by atoms with Crippen molar-refractivity contribution >= 4 is 29.0 Å². The van der Waals surface area contributed by atoms with Crippen molar-refractivity contribution in [2.45, 2.75) is 6.42 Å². The molecule has 0 aromatic heterocycles. The third-order valence-electron chi connectivity index (χ3n) is 2.60. The molecular weight excluding hydrogens is 293 g/mol. The van der Waals surface area contributed by atoms with Gasteiger partial charge in [0.15, 0.2) is 17.4 Å². The molecule has 0 N–H and O–H groups in total. The van der Waals surface area contributed by atoms with Crippen LogP contribution in [0.25, 0.3) is 0 Å². The molecule has 0 spiro atoms. The summed E-state index contributed by atoms with van der Waals surface area (Å²) < 4.78 is 26.5. The first-order chi connectivity index (χ1) is 8.99. The highest BCUT2D eigenvalue weighted by atomic mass is 35.5. The highest BCUT2D eigenvalue weighted by molar-refractivity contribution is 6.42. The van der Waals surface area contributed by atoms with E-state index in [1.165, 1.54) is 18.2 Å². The molecule has 2 rings (SSSR count). The second-order valence-corrected chi connectivity index (χ2v) is 4.76. The van der Waals surface area contributed by atoms with Crippen molar-refractivity contribution in [1.82, 2.24) is 0 Å². The summed E-state index contributed by atoms with van der Waals surface area (Å²) in [6.07, 6.45) is -0.0722. The van der Waals surface area contributed by atoms with E-state index in [0.29, 0.717) is 15.6 Å². The maximum atomic E-state index is 13.5. The number of ketones is 1. The van der Waals surface area contributed by atoms with Gasteiger partial charge in [0, 0.05) is 6.42 Å². The van der Waals surface area contributed by atoms with Crippen LogP contribution in [0, 0.1) is 11.6 Å². The highest BCUT2D eigenvalue weighted by Crippen LogP contribution is 2.23. The van der Waals surface area contributed by atoms with Gasteiger partial charge in [-0.05, 0) is 29.8 Å². The van der Waals surface area contributed by atoms with Gasteiger partial charge in [0.25, 0.3) is 0 Å². The summed E-state index contributed by atoms with van der Waals surface area (Å²) in [5.41, 5.74) is 0.314. The Hall–Kier alpha value is -1.45. The van der Waals surface area contributed by atoms with Crippen molar-refractivity contribution in [3.8, 4) is 0 Å². The van der Waals surface area contributed by atoms with Gasteiger partial charge in [0.1, 0.15) is 0 Å². The van der Waals surface area contributed by atoms with E-state index in [1.807, 2.05) is 0 Å². The molecule has 0 saturated heterocycles. The van der Waals surface area contributed by atoms with E-state index in [4.69, 9.17) is 23.2 Å². The number of hydrogen-bond acceptors (Lipinski definition) is 1. The van der Waals surface area contributed by atoms with Gasteiger partial charge in [0.2, 0.25) is 0 Å². The maximum absolute atomic E-state index is 13.5. The lowest BCUT2D eigenvalue weighted by Gasteiger charge is -2.05. The lowest BCUT2D eigenvalue weighted by atomic mass is 10.0. The molecule has 2 aromatic rings. The number of carbonyl (C=O) groups is 1. The molecule has 0 aliphatic rings. The number of hydrogen-bond donors (Lipinski definition) is 0. The van der Waals surface area contributed by atoms with Crippen LogP contribution < -0.4 is 0 Å². The van der Waals surface area contributed by atoms with E-state index >= 15 is 0 Å². The van der Waals surface area contributed by atoms with E-state index in [0.717, 1.165) is 6.07 Å². The normalized spacial score (nSPS) is 10.5. The second kappa shape index (κ2) is 5.68. The molecule has 0 atom stereocenters. The molecular formula is C14H8Cl2F2O. The minimum atomic E-state index is -1.13. The molecule has 0 aliphatic carbocycles. The summed E-state index contributed by atoms with van der Waals surface area (Å²) in [6.45, 7) is 0. The quantitative estimate of drug-likeness (QED) is 0.751. The van der Waals surface area contributed by atoms with Crippen molar-refractivity contribution in [3.05, 3.63) is 69.2 Å². The van der Waals surface area contributed by atoms with Crippen LogP contribution in [0.1, 0.15) is 15.9 Å². The van der Waals surface area contributed by atoms with Crippen LogP contribution in [0.4, 0.5) is 8.78 Å². The first-order valence-corrected chi connectivity index (χ1v) is 6.16. The Bertz CT molecular complexity index is 641. The molecule has 98 valence electrons. The van der Waals surface area contributed by atoms with Crippen LogP contribution >= 0.6 is 23.2 Å². The Kier molecular flexibility index (Phi) is 4.17. The van der Waals surface area contributed by atoms with Crippen LogP contribution in [0.15, 0.2) is 36.4 Å². The molecule has 19 heavy (non-hydrogen) atoms. The van der Waals surface area contributed by atoms with Crippen LogP contribution in [-0.2, 0) is 6.42 Å². The van der Waals surface area contributed by atoms with Crippen molar-refractivity contribution in [1.29, 1.82) is 0 Å². The molecule has 0 bridgehead atoms. The third-order valence-corrected chi connectivity index (χ3v) is 3.34. The molecule has 5 heteroatoms. The summed E-state index contributed by atoms with van der Waals surface area (Å²) in [7, 11) is 0. The molecule has 0 unspecified atom stereocenters. The number of Topliss-reactive ketones (excluding diaryl/α,β-unsaturated/α-hetero) is 1. The van der Waals surface area contributed by atoms with Crippen LogP contribution in [0.3, 0.4) is 0 Å². The summed E-state index contributed by atoms with van der Waals surface area (Å²) in [5, 5.41) is 0.682. The zero-order valence-electron chi connectivity index (χ0n) is 9.59. The predicted molar refractivity (Wildman–Crippen MR) is 70.9 cm³/mol. The Labute approximate surface area is 118 Å². The molecule has 0 amide bonds. The van der Waals surface area contributed by atoms with Gasteiger partial charge in [-0.25, -0.2) is 8.78 Å². The van der Waals surface area contributed by atoms with Crippen LogP contribution in [-0.4, -0.2) is 5.78 Å². The van der Waals surface area contributed by atoms with Gasteiger partial charge >= 0.3 is 0 Å². The second-order valence-electron chi connectivity index (χ2n) is 3.95. The first kappa shape index (κ1) is 14.0. The molecule has 1 nitrogen and oxygen atoms in total. The van der Waals surface area contributed by atoms with Gasteiger partial charge in [-0.15, -0.1) is 0 Å². The first-order valence-electron chi connectivity index (χ1n) is 5.40. The highest BCUT2D eigenvalue weighted by Gasteiger charge is 2.15. The zero-order chi connectivity index (χ0) is 14.0. The fraction of sp³-hybridized carbons (Fsp3) is 0.0714. The Balaban J connectivity index is 2.26. The van der Waals surface area contributed by atoms with Gasteiger partial charge in [-0.1, -0.05) is 35.3 Å². The number of carbonyl (C=O) groups excluding carboxylic acids is 1. The van der Waals surface area contributed by atoms with Crippen molar-refractivity contribution in [2.75, 3.05) is 0 Å². The number of rotatable bonds is 3. The van der Waals surface area contributed by atoms with E-state index in [9.17, 15) is 13.6 Å². The SMILES string of the molecule is O=C(Cc1ccc(Cl)c(Cl)c1)c1cccc(F)c1F. The van der Waals surface area contributed by atoms with Crippen LogP contribution in [0.5, 0.6) is 0 Å². The smallest absolute Gasteiger partial charge is 0.170 e. The zero-order valence-corrected chi connectivity index (χ0v) is 11.1. The van der Waals surface area contributed by atoms with Gasteiger partial charge in [-0.2, -0.15) is 0 Å². The van der Waals surface area contributed by atoms with Crippen LogP contribution in [0.2, 0.25) is 10.0 Å². The monoisotopic (exact) mass is 300 g/mol. The van der Waals surface area contributed by atoms with Gasteiger partial charge in [0.05, 0.1) is 15.6 Å². The van der Waals surface area contributed by atoms with E-state index in [1.54, 1.807) is 12.1 Å². The summed E-state index contributed by atoms with van der Waals surface area (Å²) in [4.78, 5) is 11.9. The Morgan fingerprint density at radius 3 is 2.47 bits per heavy atom. The fourth-order valence-electron chi connectivity index (χ4n) is 1.65. The lowest BCUT2D eigenvalue weighted by Crippen LogP contribution is -2.07. The minimum Gasteiger partial charge on any atom is -0.294 e. The topological polar surface area (TPSA) is 17.1 Å². The van der Waals surface area contributed by atoms with Gasteiger partial charge in [-0.3, -0.25) is 4.79 Å². The molecule has 0 saturated carbocycles. The summed E-state index contributed by atoms with van der Waals surface area (Å²) >= 11 is 11.6. The molecule has 0 aliphatic heterocycles. The standard InChI is InChI=1S/C14H8Cl2F2O/c15-10-5-4-8(6-11(10)16)7-13(19)9-2-1-3-12(17)14(9)18/h1-6H,7H2. The van der Waals surface area contributed by atoms with E-state index in [-0.39, 0.29) is 12.0 Å². The number of halogens is 4. The predicted octanol–water partition coefficient (Wildman–Crippen LogP) is 4.70. The number of benzene rings is 2. The van der Waals surface area contributed by atoms with Gasteiger partial charge < -0.3 is 0 Å². The fourth-order valence-corrected chi connectivity index (χ4v) is 1.97. The average Bonchev–Trinajstić information content (AvgIpc) is 2.37. The van der Waals surface area contributed by atoms with E-state index in [2.05, 4.69) is 0 Å². The largest absolute Gasteiger partial charge is 0.294 e. The average molecular weight is 301 g/mol. The molecule has 2 aromatic carbocycles. The minimum absolute atomic E-state index is 0.0722. The maximum Gasteiger partial charge on any atom is 0.170 e. The lowest BCUT2D eigenvalue weighted by molar-refractivity contribution is 0.0988.